The molecule has 0 unspecified atom stereocenters. The second-order valence-corrected chi connectivity index (χ2v) is 5.73. The summed E-state index contributed by atoms with van der Waals surface area (Å²) < 4.78 is 0. The fraction of sp³-hybridized carbons (Fsp3) is 0.500. The lowest BCUT2D eigenvalue weighted by Crippen LogP contribution is -2.10. The molecule has 0 bridgehead atoms. The molecule has 1 rings (SSSR count). The zero-order chi connectivity index (χ0) is 12.2. The molecule has 0 aromatic heterocycles. The van der Waals surface area contributed by atoms with Gasteiger partial charge in [-0.1, -0.05) is 58.6 Å². The zero-order valence-electron chi connectivity index (χ0n) is 11.1. The highest BCUT2D eigenvalue weighted by Gasteiger charge is 2.12. The molecule has 0 nitrogen and oxygen atoms in total. The number of hydrogen-bond donors (Lipinski definition) is 0. The fourth-order valence-corrected chi connectivity index (χ4v) is 1.41. The van der Waals surface area contributed by atoms with Crippen molar-refractivity contribution >= 4 is 0 Å². The molecular formula is C16H22. The van der Waals surface area contributed by atoms with E-state index in [9.17, 15) is 0 Å². The Bertz CT molecular complexity index is 377. The largest absolute Gasteiger partial charge is 0.0976 e. The van der Waals surface area contributed by atoms with Crippen LogP contribution in [0, 0.1) is 17.8 Å². The summed E-state index contributed by atoms with van der Waals surface area (Å²) in [6.07, 6.45) is 0.973. The van der Waals surface area contributed by atoms with Crippen LogP contribution >= 0.6 is 0 Å². The number of benzene rings is 1. The van der Waals surface area contributed by atoms with E-state index >= 15 is 0 Å². The first kappa shape index (κ1) is 12.8. The van der Waals surface area contributed by atoms with E-state index < -0.39 is 0 Å². The molecule has 0 radical (unpaired) electrons. The second kappa shape index (κ2) is 5.21. The fourth-order valence-electron chi connectivity index (χ4n) is 1.41. The predicted octanol–water partition coefficient (Wildman–Crippen LogP) is 4.38. The van der Waals surface area contributed by atoms with Gasteiger partial charge in [-0.15, -0.1) is 0 Å². The lowest BCUT2D eigenvalue weighted by atomic mass is 9.87. The quantitative estimate of drug-likeness (QED) is 0.608. The average molecular weight is 214 g/mol. The molecule has 0 saturated carbocycles. The van der Waals surface area contributed by atoms with Gasteiger partial charge in [-0.25, -0.2) is 0 Å². The van der Waals surface area contributed by atoms with Gasteiger partial charge in [0.25, 0.3) is 0 Å². The van der Waals surface area contributed by atoms with Gasteiger partial charge in [0, 0.05) is 12.0 Å². The van der Waals surface area contributed by atoms with Crippen molar-refractivity contribution < 1.29 is 0 Å². The summed E-state index contributed by atoms with van der Waals surface area (Å²) in [5.41, 5.74) is 2.71. The van der Waals surface area contributed by atoms with Crippen LogP contribution in [0.1, 0.15) is 52.2 Å². The van der Waals surface area contributed by atoms with E-state index in [-0.39, 0.29) is 5.41 Å². The molecule has 0 spiro atoms. The first-order chi connectivity index (χ1) is 7.39. The summed E-state index contributed by atoms with van der Waals surface area (Å²) in [7, 11) is 0. The molecule has 0 amide bonds. The molecule has 0 N–H and O–H groups in total. The van der Waals surface area contributed by atoms with Crippen molar-refractivity contribution in [2.75, 3.05) is 0 Å². The molecular weight excluding hydrogens is 192 g/mol. The van der Waals surface area contributed by atoms with Crippen molar-refractivity contribution in [3.8, 4) is 11.8 Å². The first-order valence-corrected chi connectivity index (χ1v) is 5.99. The molecule has 86 valence electrons. The van der Waals surface area contributed by atoms with Gasteiger partial charge in [0.05, 0.1) is 0 Å². The van der Waals surface area contributed by atoms with Crippen molar-refractivity contribution in [2.45, 2.75) is 46.5 Å². The Labute approximate surface area is 100 Å². The van der Waals surface area contributed by atoms with Crippen LogP contribution in [0.15, 0.2) is 24.3 Å². The Morgan fingerprint density at radius 3 is 2.06 bits per heavy atom. The van der Waals surface area contributed by atoms with Crippen LogP contribution in [0.3, 0.4) is 0 Å². The zero-order valence-corrected chi connectivity index (χ0v) is 11.1. The third-order valence-corrected chi connectivity index (χ3v) is 2.49. The third kappa shape index (κ3) is 4.11. The van der Waals surface area contributed by atoms with E-state index in [1.807, 2.05) is 0 Å². The Hall–Kier alpha value is -1.22. The normalized spacial score (nSPS) is 11.1. The van der Waals surface area contributed by atoms with Crippen molar-refractivity contribution in [3.63, 3.8) is 0 Å². The van der Waals surface area contributed by atoms with Crippen molar-refractivity contribution in [3.05, 3.63) is 35.4 Å². The molecule has 1 aromatic carbocycles. The first-order valence-electron chi connectivity index (χ1n) is 5.99. The van der Waals surface area contributed by atoms with E-state index in [0.29, 0.717) is 5.92 Å². The highest BCUT2D eigenvalue weighted by Crippen LogP contribution is 2.21. The van der Waals surface area contributed by atoms with E-state index in [4.69, 9.17) is 0 Å². The van der Waals surface area contributed by atoms with Gasteiger partial charge in [-0.05, 0) is 29.0 Å². The smallest absolute Gasteiger partial charge is 0.0245 e. The Balaban J connectivity index is 2.75. The maximum Gasteiger partial charge on any atom is 0.0245 e. The van der Waals surface area contributed by atoms with Crippen LogP contribution < -0.4 is 0 Å². The highest BCUT2D eigenvalue weighted by atomic mass is 14.2. The van der Waals surface area contributed by atoms with Crippen LogP contribution in [-0.2, 0) is 5.41 Å². The molecule has 1 aromatic rings. The van der Waals surface area contributed by atoms with Gasteiger partial charge in [0.15, 0.2) is 0 Å². The predicted molar refractivity (Wildman–Crippen MR) is 71.5 cm³/mol. The van der Waals surface area contributed by atoms with Crippen LogP contribution in [-0.4, -0.2) is 0 Å². The minimum atomic E-state index is 0.226. The van der Waals surface area contributed by atoms with E-state index in [1.54, 1.807) is 0 Å². The molecule has 0 aliphatic carbocycles. The van der Waals surface area contributed by atoms with Crippen LogP contribution in [0.4, 0.5) is 0 Å². The Morgan fingerprint density at radius 1 is 1.06 bits per heavy atom. The molecule has 0 atom stereocenters. The SMILES string of the molecule is CC(C)CC#Cc1ccc(C(C)(C)C)cc1. The van der Waals surface area contributed by atoms with Crippen LogP contribution in [0.2, 0.25) is 0 Å². The van der Waals surface area contributed by atoms with Gasteiger partial charge >= 0.3 is 0 Å². The summed E-state index contributed by atoms with van der Waals surface area (Å²) >= 11 is 0. The lowest BCUT2D eigenvalue weighted by Gasteiger charge is -2.18. The van der Waals surface area contributed by atoms with Crippen molar-refractivity contribution in [2.24, 2.45) is 5.92 Å². The summed E-state index contributed by atoms with van der Waals surface area (Å²) in [5, 5.41) is 0. The summed E-state index contributed by atoms with van der Waals surface area (Å²) in [5.74, 6) is 7.07. The molecule has 0 aliphatic rings. The highest BCUT2D eigenvalue weighted by molar-refractivity contribution is 5.37. The summed E-state index contributed by atoms with van der Waals surface area (Å²) in [4.78, 5) is 0. The summed E-state index contributed by atoms with van der Waals surface area (Å²) in [6, 6.07) is 8.60. The van der Waals surface area contributed by atoms with E-state index in [0.717, 1.165) is 12.0 Å². The van der Waals surface area contributed by atoms with Gasteiger partial charge in [0.1, 0.15) is 0 Å². The standard InChI is InChI=1S/C16H22/c1-13(2)7-6-8-14-9-11-15(12-10-14)16(3,4)5/h9-13H,7H2,1-5H3. The van der Waals surface area contributed by atoms with Crippen LogP contribution in [0.5, 0.6) is 0 Å². The van der Waals surface area contributed by atoms with E-state index in [2.05, 4.69) is 70.7 Å². The number of hydrogen-bond acceptors (Lipinski definition) is 0. The van der Waals surface area contributed by atoms with Gasteiger partial charge in [-0.2, -0.15) is 0 Å². The minimum Gasteiger partial charge on any atom is -0.0976 e. The summed E-state index contributed by atoms with van der Waals surface area (Å²) in [6.45, 7) is 11.1. The van der Waals surface area contributed by atoms with E-state index in [1.165, 1.54) is 5.56 Å². The van der Waals surface area contributed by atoms with Gasteiger partial charge < -0.3 is 0 Å². The third-order valence-electron chi connectivity index (χ3n) is 2.49. The average Bonchev–Trinajstić information content (AvgIpc) is 2.16. The lowest BCUT2D eigenvalue weighted by molar-refractivity contribution is 0.590. The Kier molecular flexibility index (Phi) is 4.19. The second-order valence-electron chi connectivity index (χ2n) is 5.73. The van der Waals surface area contributed by atoms with Crippen molar-refractivity contribution in [1.82, 2.24) is 0 Å². The van der Waals surface area contributed by atoms with Gasteiger partial charge in [0.2, 0.25) is 0 Å². The molecule has 0 heterocycles. The van der Waals surface area contributed by atoms with Crippen LogP contribution in [0.25, 0.3) is 0 Å². The molecule has 16 heavy (non-hydrogen) atoms. The monoisotopic (exact) mass is 214 g/mol. The molecule has 0 heteroatoms. The molecule has 0 aliphatic heterocycles. The van der Waals surface area contributed by atoms with Crippen molar-refractivity contribution in [1.29, 1.82) is 0 Å². The maximum atomic E-state index is 3.21. The minimum absolute atomic E-state index is 0.226. The topological polar surface area (TPSA) is 0 Å². The number of rotatable bonds is 1. The van der Waals surface area contributed by atoms with Gasteiger partial charge in [-0.3, -0.25) is 0 Å². The molecule has 0 saturated heterocycles. The Morgan fingerprint density at radius 2 is 1.62 bits per heavy atom. The maximum absolute atomic E-state index is 3.21. The molecule has 0 fully saturated rings.